The number of furan rings is 1. The van der Waals surface area contributed by atoms with Crippen LogP contribution in [0.5, 0.6) is 0 Å². The van der Waals surface area contributed by atoms with Crippen molar-refractivity contribution in [3.05, 3.63) is 78.3 Å². The van der Waals surface area contributed by atoms with Gasteiger partial charge < -0.3 is 25.7 Å². The lowest BCUT2D eigenvalue weighted by Gasteiger charge is -2.10. The van der Waals surface area contributed by atoms with Crippen LogP contribution < -0.4 is 21.3 Å². The Labute approximate surface area is 167 Å². The Morgan fingerprint density at radius 3 is 2.28 bits per heavy atom. The van der Waals surface area contributed by atoms with Crippen molar-refractivity contribution >= 4 is 34.8 Å². The van der Waals surface area contributed by atoms with Crippen LogP contribution in [0.3, 0.4) is 0 Å². The van der Waals surface area contributed by atoms with Gasteiger partial charge in [0.05, 0.1) is 12.8 Å². The number of anilines is 3. The summed E-state index contributed by atoms with van der Waals surface area (Å²) in [6.45, 7) is 0.0141. The summed E-state index contributed by atoms with van der Waals surface area (Å²) in [5.41, 5.74) is 2.21. The number of amides is 3. The van der Waals surface area contributed by atoms with Crippen molar-refractivity contribution in [2.24, 2.45) is 0 Å². The molecule has 3 aromatic rings. The predicted octanol–water partition coefficient (Wildman–Crippen LogP) is 2.94. The molecule has 148 valence electrons. The SMILES string of the molecule is CNC(=O)c1cccc(NCC(=O)Nc2cccc(NC(=O)c3ccco3)c2)c1. The van der Waals surface area contributed by atoms with Gasteiger partial charge in [-0.25, -0.2) is 0 Å². The number of hydrogen-bond acceptors (Lipinski definition) is 5. The quantitative estimate of drug-likeness (QED) is 0.494. The predicted molar refractivity (Wildman–Crippen MR) is 110 cm³/mol. The fourth-order valence-electron chi connectivity index (χ4n) is 2.58. The van der Waals surface area contributed by atoms with Gasteiger partial charge in [-0.15, -0.1) is 0 Å². The first-order valence-electron chi connectivity index (χ1n) is 8.86. The summed E-state index contributed by atoms with van der Waals surface area (Å²) in [6.07, 6.45) is 1.42. The lowest BCUT2D eigenvalue weighted by atomic mass is 10.2. The third-order valence-electron chi connectivity index (χ3n) is 3.95. The summed E-state index contributed by atoms with van der Waals surface area (Å²) < 4.78 is 5.05. The molecule has 1 heterocycles. The summed E-state index contributed by atoms with van der Waals surface area (Å²) in [5, 5.41) is 11.0. The largest absolute Gasteiger partial charge is 0.459 e. The van der Waals surface area contributed by atoms with E-state index in [-0.39, 0.29) is 30.0 Å². The molecular weight excluding hydrogens is 372 g/mol. The van der Waals surface area contributed by atoms with E-state index in [1.54, 1.807) is 67.7 Å². The van der Waals surface area contributed by atoms with Crippen molar-refractivity contribution in [1.29, 1.82) is 0 Å². The Kier molecular flexibility index (Phi) is 6.26. The Hall–Kier alpha value is -4.07. The summed E-state index contributed by atoms with van der Waals surface area (Å²) in [4.78, 5) is 35.9. The summed E-state index contributed by atoms with van der Waals surface area (Å²) in [7, 11) is 1.56. The van der Waals surface area contributed by atoms with Gasteiger partial charge in [-0.2, -0.15) is 0 Å². The van der Waals surface area contributed by atoms with Crippen LogP contribution in [0, 0.1) is 0 Å². The maximum atomic E-state index is 12.2. The van der Waals surface area contributed by atoms with E-state index >= 15 is 0 Å². The van der Waals surface area contributed by atoms with Crippen molar-refractivity contribution in [1.82, 2.24) is 5.32 Å². The normalized spacial score (nSPS) is 10.1. The second kappa shape index (κ2) is 9.23. The molecule has 0 atom stereocenters. The number of carbonyl (C=O) groups is 3. The third kappa shape index (κ3) is 5.46. The van der Waals surface area contributed by atoms with Gasteiger partial charge in [-0.05, 0) is 48.5 Å². The zero-order valence-electron chi connectivity index (χ0n) is 15.7. The van der Waals surface area contributed by atoms with E-state index in [1.807, 2.05) is 0 Å². The highest BCUT2D eigenvalue weighted by atomic mass is 16.3. The average Bonchev–Trinajstić information content (AvgIpc) is 3.27. The van der Waals surface area contributed by atoms with Gasteiger partial charge in [0, 0.05) is 29.7 Å². The van der Waals surface area contributed by atoms with Gasteiger partial charge in [0.25, 0.3) is 11.8 Å². The molecule has 3 rings (SSSR count). The summed E-state index contributed by atoms with van der Waals surface area (Å²) in [5.74, 6) is -0.657. The van der Waals surface area contributed by atoms with Crippen molar-refractivity contribution in [3.63, 3.8) is 0 Å². The van der Waals surface area contributed by atoms with Gasteiger partial charge in [0.1, 0.15) is 0 Å². The number of nitrogens with one attached hydrogen (secondary N) is 4. The fourth-order valence-corrected chi connectivity index (χ4v) is 2.58. The van der Waals surface area contributed by atoms with Crippen LogP contribution in [0.2, 0.25) is 0 Å². The van der Waals surface area contributed by atoms with Gasteiger partial charge in [0.2, 0.25) is 5.91 Å². The molecule has 2 aromatic carbocycles. The van der Waals surface area contributed by atoms with Gasteiger partial charge in [0.15, 0.2) is 5.76 Å². The smallest absolute Gasteiger partial charge is 0.291 e. The molecule has 0 aliphatic carbocycles. The summed E-state index contributed by atoms with van der Waals surface area (Å²) >= 11 is 0. The van der Waals surface area contributed by atoms with Crippen molar-refractivity contribution in [2.45, 2.75) is 0 Å². The maximum Gasteiger partial charge on any atom is 0.291 e. The zero-order chi connectivity index (χ0) is 20.6. The van der Waals surface area contributed by atoms with Crippen molar-refractivity contribution in [3.8, 4) is 0 Å². The second-order valence-corrected chi connectivity index (χ2v) is 6.07. The molecule has 0 fully saturated rings. The molecule has 8 nitrogen and oxygen atoms in total. The van der Waals surface area contributed by atoms with Crippen LogP contribution in [0.15, 0.2) is 71.3 Å². The molecule has 0 saturated heterocycles. The van der Waals surface area contributed by atoms with E-state index in [0.717, 1.165) is 0 Å². The minimum Gasteiger partial charge on any atom is -0.459 e. The van der Waals surface area contributed by atoms with Gasteiger partial charge >= 0.3 is 0 Å². The maximum absolute atomic E-state index is 12.2. The van der Waals surface area contributed by atoms with Crippen LogP contribution in [-0.2, 0) is 4.79 Å². The molecule has 0 saturated carbocycles. The fraction of sp³-hybridized carbons (Fsp3) is 0.0952. The van der Waals surface area contributed by atoms with E-state index in [9.17, 15) is 14.4 Å². The van der Waals surface area contributed by atoms with E-state index in [2.05, 4.69) is 21.3 Å². The van der Waals surface area contributed by atoms with Crippen LogP contribution in [0.4, 0.5) is 17.1 Å². The first-order chi connectivity index (χ1) is 14.0. The third-order valence-corrected chi connectivity index (χ3v) is 3.95. The molecule has 0 radical (unpaired) electrons. The van der Waals surface area contributed by atoms with E-state index < -0.39 is 0 Å². The highest BCUT2D eigenvalue weighted by Crippen LogP contribution is 2.16. The zero-order valence-corrected chi connectivity index (χ0v) is 15.7. The first-order valence-corrected chi connectivity index (χ1v) is 8.86. The average molecular weight is 392 g/mol. The molecule has 0 aliphatic heterocycles. The number of benzene rings is 2. The Morgan fingerprint density at radius 1 is 0.828 bits per heavy atom. The van der Waals surface area contributed by atoms with E-state index in [4.69, 9.17) is 4.42 Å². The Morgan fingerprint density at radius 2 is 1.55 bits per heavy atom. The number of carbonyl (C=O) groups excluding carboxylic acids is 3. The highest BCUT2D eigenvalue weighted by Gasteiger charge is 2.10. The molecule has 4 N–H and O–H groups in total. The van der Waals surface area contributed by atoms with E-state index in [1.165, 1.54) is 6.26 Å². The lowest BCUT2D eigenvalue weighted by molar-refractivity contribution is -0.114. The van der Waals surface area contributed by atoms with Crippen LogP contribution in [-0.4, -0.2) is 31.3 Å². The molecule has 0 aliphatic rings. The van der Waals surface area contributed by atoms with Gasteiger partial charge in [-0.3, -0.25) is 14.4 Å². The van der Waals surface area contributed by atoms with Crippen molar-refractivity contribution < 1.29 is 18.8 Å². The second-order valence-electron chi connectivity index (χ2n) is 6.07. The van der Waals surface area contributed by atoms with Crippen LogP contribution in [0.25, 0.3) is 0 Å². The van der Waals surface area contributed by atoms with E-state index in [0.29, 0.717) is 22.6 Å². The number of rotatable bonds is 7. The van der Waals surface area contributed by atoms with Gasteiger partial charge in [-0.1, -0.05) is 12.1 Å². The topological polar surface area (TPSA) is 112 Å². The van der Waals surface area contributed by atoms with Crippen molar-refractivity contribution in [2.75, 3.05) is 29.5 Å². The Bertz CT molecular complexity index is 1020. The standard InChI is InChI=1S/C21H20N4O4/c1-22-20(27)14-5-2-6-15(11-14)23-13-19(26)24-16-7-3-8-17(12-16)25-21(28)18-9-4-10-29-18/h2-12,23H,13H2,1H3,(H,22,27)(H,24,26)(H,25,28). The summed E-state index contributed by atoms with van der Waals surface area (Å²) in [6, 6.07) is 16.8. The highest BCUT2D eigenvalue weighted by molar-refractivity contribution is 6.03. The molecule has 0 bridgehead atoms. The molecule has 0 spiro atoms. The van der Waals surface area contributed by atoms with Crippen LogP contribution >= 0.6 is 0 Å². The molecule has 1 aromatic heterocycles. The van der Waals surface area contributed by atoms with Crippen LogP contribution in [0.1, 0.15) is 20.9 Å². The molecule has 8 heteroatoms. The molecule has 3 amide bonds. The molecular formula is C21H20N4O4. The lowest BCUT2D eigenvalue weighted by Crippen LogP contribution is -2.22. The minimum atomic E-state index is -0.379. The number of hydrogen-bond donors (Lipinski definition) is 4. The minimum absolute atomic E-state index is 0.0141. The Balaban J connectivity index is 1.55. The monoisotopic (exact) mass is 392 g/mol. The molecule has 0 unspecified atom stereocenters. The first kappa shape index (κ1) is 19.7. The molecule has 29 heavy (non-hydrogen) atoms.